The molecule has 1 heterocycles. The van der Waals surface area contributed by atoms with Crippen LogP contribution in [0.25, 0.3) is 0 Å². The Balaban J connectivity index is 1.77. The van der Waals surface area contributed by atoms with Crippen LogP contribution >= 0.6 is 0 Å². The number of ether oxygens (including phenoxy) is 1. The Bertz CT molecular complexity index is 568. The lowest BCUT2D eigenvalue weighted by Crippen LogP contribution is -2.12. The summed E-state index contributed by atoms with van der Waals surface area (Å²) in [7, 11) is 1.67. The van der Waals surface area contributed by atoms with Crippen molar-refractivity contribution in [3.8, 4) is 0 Å². The van der Waals surface area contributed by atoms with Crippen LogP contribution in [0, 0.1) is 0 Å². The van der Waals surface area contributed by atoms with Gasteiger partial charge in [-0.15, -0.1) is 0 Å². The van der Waals surface area contributed by atoms with Gasteiger partial charge in [0.1, 0.15) is 0 Å². The summed E-state index contributed by atoms with van der Waals surface area (Å²) in [6.07, 6.45) is 3.39. The molecule has 0 saturated heterocycles. The smallest absolute Gasteiger partial charge is 0.321 e. The molecule has 0 radical (unpaired) electrons. The van der Waals surface area contributed by atoms with E-state index in [4.69, 9.17) is 9.26 Å². The van der Waals surface area contributed by atoms with Gasteiger partial charge in [-0.05, 0) is 30.4 Å². The van der Waals surface area contributed by atoms with E-state index in [2.05, 4.69) is 39.7 Å². The molecule has 0 fully saturated rings. The van der Waals surface area contributed by atoms with Crippen LogP contribution in [0.2, 0.25) is 0 Å². The molecular weight excluding hydrogens is 254 g/mol. The first-order valence-electron chi connectivity index (χ1n) is 7.02. The second-order valence-corrected chi connectivity index (χ2v) is 5.02. The van der Waals surface area contributed by atoms with Crippen molar-refractivity contribution in [3.63, 3.8) is 0 Å². The summed E-state index contributed by atoms with van der Waals surface area (Å²) in [4.78, 5) is 4.46. The van der Waals surface area contributed by atoms with Crippen molar-refractivity contribution in [2.24, 2.45) is 0 Å². The lowest BCUT2D eigenvalue weighted by Gasteiger charge is -2.22. The first-order valence-corrected chi connectivity index (χ1v) is 7.02. The highest BCUT2D eigenvalue weighted by molar-refractivity contribution is 5.36. The van der Waals surface area contributed by atoms with E-state index >= 15 is 0 Å². The van der Waals surface area contributed by atoms with Crippen molar-refractivity contribution < 1.29 is 9.26 Å². The maximum atomic E-state index is 5.25. The maximum Gasteiger partial charge on any atom is 0.321 e. The minimum absolute atomic E-state index is 0.252. The van der Waals surface area contributed by atoms with Gasteiger partial charge in [-0.2, -0.15) is 4.98 Å². The van der Waals surface area contributed by atoms with Crippen molar-refractivity contribution in [1.82, 2.24) is 10.1 Å². The SMILES string of the molecule is COCCNc1nc(C2CCCc3ccccc32)no1. The summed E-state index contributed by atoms with van der Waals surface area (Å²) in [5, 5.41) is 7.19. The monoisotopic (exact) mass is 273 g/mol. The fourth-order valence-electron chi connectivity index (χ4n) is 2.73. The number of benzene rings is 1. The zero-order valence-corrected chi connectivity index (χ0v) is 11.6. The molecule has 0 aliphatic heterocycles. The van der Waals surface area contributed by atoms with Gasteiger partial charge >= 0.3 is 6.01 Å². The quantitative estimate of drug-likeness (QED) is 0.848. The molecule has 106 valence electrons. The van der Waals surface area contributed by atoms with Crippen LogP contribution in [0.3, 0.4) is 0 Å². The van der Waals surface area contributed by atoms with Crippen LogP contribution in [0.4, 0.5) is 6.01 Å². The molecule has 5 heteroatoms. The molecule has 20 heavy (non-hydrogen) atoms. The number of anilines is 1. The summed E-state index contributed by atoms with van der Waals surface area (Å²) in [5.41, 5.74) is 2.74. The fraction of sp³-hybridized carbons (Fsp3) is 0.467. The van der Waals surface area contributed by atoms with E-state index in [1.165, 1.54) is 17.5 Å². The number of aromatic nitrogens is 2. The number of hydrogen-bond acceptors (Lipinski definition) is 5. The Morgan fingerprint density at radius 3 is 3.20 bits per heavy atom. The number of fused-ring (bicyclic) bond motifs is 1. The van der Waals surface area contributed by atoms with Gasteiger partial charge in [0, 0.05) is 19.6 Å². The first kappa shape index (κ1) is 13.1. The average molecular weight is 273 g/mol. The molecule has 1 N–H and O–H groups in total. The molecule has 1 atom stereocenters. The largest absolute Gasteiger partial charge is 0.383 e. The van der Waals surface area contributed by atoms with Crippen LogP contribution in [-0.4, -0.2) is 30.4 Å². The van der Waals surface area contributed by atoms with Gasteiger partial charge in [-0.25, -0.2) is 0 Å². The lowest BCUT2D eigenvalue weighted by atomic mass is 9.82. The zero-order valence-electron chi connectivity index (χ0n) is 11.6. The molecule has 1 aromatic heterocycles. The summed E-state index contributed by atoms with van der Waals surface area (Å²) in [6, 6.07) is 9.01. The van der Waals surface area contributed by atoms with E-state index in [-0.39, 0.29) is 5.92 Å². The molecule has 2 aromatic rings. The van der Waals surface area contributed by atoms with E-state index in [9.17, 15) is 0 Å². The molecule has 5 nitrogen and oxygen atoms in total. The second kappa shape index (κ2) is 6.05. The van der Waals surface area contributed by atoms with Gasteiger partial charge in [0.05, 0.1) is 6.61 Å². The molecular formula is C15H19N3O2. The Morgan fingerprint density at radius 2 is 2.30 bits per heavy atom. The molecule has 1 aliphatic carbocycles. The molecule has 0 amide bonds. The molecule has 1 unspecified atom stereocenters. The highest BCUT2D eigenvalue weighted by Crippen LogP contribution is 2.35. The third-order valence-corrected chi connectivity index (χ3v) is 3.71. The Kier molecular flexibility index (Phi) is 3.97. The highest BCUT2D eigenvalue weighted by Gasteiger charge is 2.25. The number of hydrogen-bond donors (Lipinski definition) is 1. The van der Waals surface area contributed by atoms with Crippen molar-refractivity contribution in [2.45, 2.75) is 25.2 Å². The van der Waals surface area contributed by atoms with Crippen LogP contribution in [0.15, 0.2) is 28.8 Å². The number of rotatable bonds is 5. The number of nitrogens with zero attached hydrogens (tertiary/aromatic N) is 2. The van der Waals surface area contributed by atoms with Gasteiger partial charge in [0.2, 0.25) is 0 Å². The van der Waals surface area contributed by atoms with Gasteiger partial charge < -0.3 is 14.6 Å². The third-order valence-electron chi connectivity index (χ3n) is 3.71. The second-order valence-electron chi connectivity index (χ2n) is 5.02. The van der Waals surface area contributed by atoms with Gasteiger partial charge in [0.15, 0.2) is 5.82 Å². The van der Waals surface area contributed by atoms with E-state index in [0.29, 0.717) is 19.2 Å². The van der Waals surface area contributed by atoms with Crippen molar-refractivity contribution >= 4 is 6.01 Å². The van der Waals surface area contributed by atoms with E-state index in [1.807, 2.05) is 0 Å². The minimum Gasteiger partial charge on any atom is -0.383 e. The van der Waals surface area contributed by atoms with E-state index < -0.39 is 0 Å². The predicted molar refractivity (Wildman–Crippen MR) is 75.9 cm³/mol. The predicted octanol–water partition coefficient (Wildman–Crippen LogP) is 2.60. The molecule has 0 saturated carbocycles. The van der Waals surface area contributed by atoms with E-state index in [1.54, 1.807) is 7.11 Å². The van der Waals surface area contributed by atoms with Crippen LogP contribution in [-0.2, 0) is 11.2 Å². The minimum atomic E-state index is 0.252. The van der Waals surface area contributed by atoms with Gasteiger partial charge in [-0.3, -0.25) is 0 Å². The van der Waals surface area contributed by atoms with Crippen LogP contribution in [0.1, 0.15) is 35.7 Å². The number of aryl methyl sites for hydroxylation is 1. The molecule has 0 spiro atoms. The van der Waals surface area contributed by atoms with Crippen molar-refractivity contribution in [1.29, 1.82) is 0 Å². The topological polar surface area (TPSA) is 60.2 Å². The summed E-state index contributed by atoms with van der Waals surface area (Å²) in [6.45, 7) is 1.28. The number of nitrogens with one attached hydrogen (secondary N) is 1. The summed E-state index contributed by atoms with van der Waals surface area (Å²) in [5.74, 6) is 1.03. The maximum absolute atomic E-state index is 5.25. The van der Waals surface area contributed by atoms with Crippen LogP contribution in [0.5, 0.6) is 0 Å². The average Bonchev–Trinajstić information content (AvgIpc) is 2.96. The van der Waals surface area contributed by atoms with Crippen LogP contribution < -0.4 is 5.32 Å². The normalized spacial score (nSPS) is 17.8. The van der Waals surface area contributed by atoms with E-state index in [0.717, 1.165) is 18.7 Å². The van der Waals surface area contributed by atoms with Crippen molar-refractivity contribution in [3.05, 3.63) is 41.2 Å². The number of methoxy groups -OCH3 is 1. The Labute approximate surface area is 118 Å². The highest BCUT2D eigenvalue weighted by atomic mass is 16.5. The Hall–Kier alpha value is -1.88. The molecule has 1 aromatic carbocycles. The van der Waals surface area contributed by atoms with Crippen molar-refractivity contribution in [2.75, 3.05) is 25.6 Å². The lowest BCUT2D eigenvalue weighted by molar-refractivity contribution is 0.210. The molecule has 1 aliphatic rings. The summed E-state index contributed by atoms with van der Waals surface area (Å²) >= 11 is 0. The standard InChI is InChI=1S/C15H19N3O2/c1-19-10-9-16-15-17-14(18-20-15)13-8-4-6-11-5-2-3-7-12(11)13/h2-3,5,7,13H,4,6,8-10H2,1H3,(H,16,17,18). The fourth-order valence-corrected chi connectivity index (χ4v) is 2.73. The third kappa shape index (κ3) is 2.67. The van der Waals surface area contributed by atoms with Gasteiger partial charge in [0.25, 0.3) is 0 Å². The Morgan fingerprint density at radius 1 is 1.40 bits per heavy atom. The van der Waals surface area contributed by atoms with Gasteiger partial charge in [-0.1, -0.05) is 29.4 Å². The molecule has 0 bridgehead atoms. The summed E-state index contributed by atoms with van der Waals surface area (Å²) < 4.78 is 10.2. The first-order chi connectivity index (χ1) is 9.88. The zero-order chi connectivity index (χ0) is 13.8. The molecule has 3 rings (SSSR count).